The van der Waals surface area contributed by atoms with Crippen LogP contribution in [0.2, 0.25) is 0 Å². The first-order valence-corrected chi connectivity index (χ1v) is 7.32. The molecule has 0 saturated heterocycles. The van der Waals surface area contributed by atoms with Crippen LogP contribution in [-0.2, 0) is 6.54 Å². The quantitative estimate of drug-likeness (QED) is 0.804. The lowest BCUT2D eigenvalue weighted by Crippen LogP contribution is -2.22. The predicted octanol–water partition coefficient (Wildman–Crippen LogP) is 3.14. The zero-order valence-corrected chi connectivity index (χ0v) is 12.0. The van der Waals surface area contributed by atoms with E-state index in [9.17, 15) is 4.79 Å². The van der Waals surface area contributed by atoms with Crippen LogP contribution in [0.15, 0.2) is 60.7 Å². The second kappa shape index (κ2) is 6.28. The van der Waals surface area contributed by atoms with Crippen LogP contribution in [-0.4, -0.2) is 15.5 Å². The van der Waals surface area contributed by atoms with Crippen LogP contribution in [0, 0.1) is 0 Å². The lowest BCUT2D eigenvalue weighted by Gasteiger charge is -2.04. The fourth-order valence-corrected chi connectivity index (χ4v) is 2.59. The molecule has 104 valence electrons. The highest BCUT2D eigenvalue weighted by Gasteiger charge is 2.17. The van der Waals surface area contributed by atoms with Crippen molar-refractivity contribution in [2.45, 2.75) is 6.54 Å². The minimum absolute atomic E-state index is 0.146. The van der Waals surface area contributed by atoms with Crippen molar-refractivity contribution in [3.05, 3.63) is 71.1 Å². The first-order valence-electron chi connectivity index (χ1n) is 6.54. The van der Waals surface area contributed by atoms with E-state index in [0.717, 1.165) is 22.7 Å². The van der Waals surface area contributed by atoms with Crippen molar-refractivity contribution in [1.29, 1.82) is 0 Å². The van der Waals surface area contributed by atoms with Gasteiger partial charge >= 0.3 is 0 Å². The Morgan fingerprint density at radius 1 is 1.00 bits per heavy atom. The summed E-state index contributed by atoms with van der Waals surface area (Å²) in [5.41, 5.74) is 2.59. The predicted molar refractivity (Wildman–Crippen MR) is 83.0 cm³/mol. The van der Waals surface area contributed by atoms with Crippen molar-refractivity contribution >= 4 is 17.4 Å². The molecule has 3 rings (SSSR count). The molecule has 4 nitrogen and oxygen atoms in total. The van der Waals surface area contributed by atoms with E-state index in [1.807, 2.05) is 60.7 Å². The number of carbonyl (C=O) groups excluding carboxylic acids is 1. The third-order valence-corrected chi connectivity index (χ3v) is 3.76. The van der Waals surface area contributed by atoms with Crippen LogP contribution in [0.4, 0.5) is 0 Å². The fraction of sp³-hybridized carbons (Fsp3) is 0.0625. The first-order chi connectivity index (χ1) is 10.3. The van der Waals surface area contributed by atoms with Gasteiger partial charge in [-0.05, 0) is 17.1 Å². The van der Waals surface area contributed by atoms with Crippen LogP contribution in [0.3, 0.4) is 0 Å². The lowest BCUT2D eigenvalue weighted by molar-refractivity contribution is 0.0955. The van der Waals surface area contributed by atoms with Gasteiger partial charge in [-0.25, -0.2) is 0 Å². The van der Waals surface area contributed by atoms with E-state index in [1.54, 1.807) is 0 Å². The summed E-state index contributed by atoms with van der Waals surface area (Å²) < 4.78 is 3.91. The van der Waals surface area contributed by atoms with Crippen LogP contribution in [0.5, 0.6) is 0 Å². The number of hydrogen-bond donors (Lipinski definition) is 1. The van der Waals surface area contributed by atoms with Gasteiger partial charge in [-0.2, -0.15) is 0 Å². The second-order valence-corrected chi connectivity index (χ2v) is 5.24. The first kappa shape index (κ1) is 13.5. The van der Waals surface area contributed by atoms with Gasteiger partial charge in [0.25, 0.3) is 5.91 Å². The van der Waals surface area contributed by atoms with Crippen molar-refractivity contribution in [2.24, 2.45) is 0 Å². The highest BCUT2D eigenvalue weighted by molar-refractivity contribution is 7.08. The standard InChI is InChI=1S/C16H13N3OS/c20-16(17-11-12-7-3-1-4-8-12)15-14(18-19-21-15)13-9-5-2-6-10-13/h1-10H,11H2,(H,17,20). The molecule has 0 unspecified atom stereocenters. The zero-order chi connectivity index (χ0) is 14.5. The molecule has 1 heterocycles. The number of benzene rings is 2. The average Bonchev–Trinajstić information content (AvgIpc) is 3.04. The average molecular weight is 295 g/mol. The summed E-state index contributed by atoms with van der Waals surface area (Å²) in [4.78, 5) is 12.8. The molecule has 1 N–H and O–H groups in total. The van der Waals surface area contributed by atoms with Gasteiger partial charge in [0.05, 0.1) is 0 Å². The summed E-state index contributed by atoms with van der Waals surface area (Å²) in [6, 6.07) is 19.4. The monoisotopic (exact) mass is 295 g/mol. The van der Waals surface area contributed by atoms with Gasteiger partial charge in [-0.3, -0.25) is 4.79 Å². The van der Waals surface area contributed by atoms with Gasteiger partial charge in [0.2, 0.25) is 0 Å². The Labute approximate surface area is 126 Å². The number of rotatable bonds is 4. The Bertz CT molecular complexity index is 726. The summed E-state index contributed by atoms with van der Waals surface area (Å²) in [6.07, 6.45) is 0. The minimum Gasteiger partial charge on any atom is -0.347 e. The molecule has 21 heavy (non-hydrogen) atoms. The number of nitrogens with zero attached hydrogens (tertiary/aromatic N) is 2. The van der Waals surface area contributed by atoms with E-state index in [-0.39, 0.29) is 5.91 Å². The molecule has 0 bridgehead atoms. The Morgan fingerprint density at radius 3 is 2.38 bits per heavy atom. The second-order valence-electron chi connectivity index (χ2n) is 4.48. The molecule has 0 saturated carbocycles. The molecule has 1 amide bonds. The Hall–Kier alpha value is -2.53. The number of hydrogen-bond acceptors (Lipinski definition) is 4. The summed E-state index contributed by atoms with van der Waals surface area (Å²) in [5, 5.41) is 6.97. The van der Waals surface area contributed by atoms with E-state index < -0.39 is 0 Å². The SMILES string of the molecule is O=C(NCc1ccccc1)c1snnc1-c1ccccc1. The molecule has 3 aromatic rings. The highest BCUT2D eigenvalue weighted by Crippen LogP contribution is 2.23. The van der Waals surface area contributed by atoms with Crippen molar-refractivity contribution in [2.75, 3.05) is 0 Å². The molecule has 0 spiro atoms. The molecule has 0 fully saturated rings. The third kappa shape index (κ3) is 3.14. The maximum atomic E-state index is 12.3. The highest BCUT2D eigenvalue weighted by atomic mass is 32.1. The maximum Gasteiger partial charge on any atom is 0.265 e. The maximum absolute atomic E-state index is 12.3. The number of carbonyl (C=O) groups is 1. The summed E-state index contributed by atoms with van der Waals surface area (Å²) in [5.74, 6) is -0.146. The largest absolute Gasteiger partial charge is 0.347 e. The van der Waals surface area contributed by atoms with Crippen LogP contribution in [0.1, 0.15) is 15.2 Å². The summed E-state index contributed by atoms with van der Waals surface area (Å²) in [6.45, 7) is 0.492. The van der Waals surface area contributed by atoms with Gasteiger partial charge in [0, 0.05) is 12.1 Å². The molecule has 0 aliphatic rings. The number of aromatic nitrogens is 2. The Kier molecular flexibility index (Phi) is 4.02. The molecular formula is C16H13N3OS. The lowest BCUT2D eigenvalue weighted by atomic mass is 10.1. The Morgan fingerprint density at radius 2 is 1.67 bits per heavy atom. The number of amides is 1. The molecule has 5 heteroatoms. The summed E-state index contributed by atoms with van der Waals surface area (Å²) >= 11 is 1.11. The van der Waals surface area contributed by atoms with Gasteiger partial charge in [-0.15, -0.1) is 5.10 Å². The van der Waals surface area contributed by atoms with E-state index in [2.05, 4.69) is 14.9 Å². The van der Waals surface area contributed by atoms with E-state index >= 15 is 0 Å². The van der Waals surface area contributed by atoms with Crippen molar-refractivity contribution < 1.29 is 4.79 Å². The molecule has 0 aliphatic carbocycles. The molecule has 2 aromatic carbocycles. The van der Waals surface area contributed by atoms with Crippen molar-refractivity contribution in [1.82, 2.24) is 14.9 Å². The number of nitrogens with one attached hydrogen (secondary N) is 1. The molecule has 1 aromatic heterocycles. The van der Waals surface area contributed by atoms with Crippen LogP contribution < -0.4 is 5.32 Å². The van der Waals surface area contributed by atoms with Gasteiger partial charge in [-0.1, -0.05) is 65.2 Å². The van der Waals surface area contributed by atoms with Gasteiger partial charge in [0.1, 0.15) is 10.6 Å². The summed E-state index contributed by atoms with van der Waals surface area (Å²) in [7, 11) is 0. The molecule has 0 aliphatic heterocycles. The fourth-order valence-electron chi connectivity index (χ4n) is 1.98. The molecule has 0 atom stereocenters. The van der Waals surface area contributed by atoms with E-state index in [0.29, 0.717) is 17.1 Å². The van der Waals surface area contributed by atoms with Crippen LogP contribution >= 0.6 is 11.5 Å². The van der Waals surface area contributed by atoms with Gasteiger partial charge in [0.15, 0.2) is 0 Å². The van der Waals surface area contributed by atoms with Gasteiger partial charge < -0.3 is 5.32 Å². The van der Waals surface area contributed by atoms with Crippen molar-refractivity contribution in [3.8, 4) is 11.3 Å². The molecule has 0 radical (unpaired) electrons. The van der Waals surface area contributed by atoms with E-state index in [1.165, 1.54) is 0 Å². The normalized spacial score (nSPS) is 10.3. The van der Waals surface area contributed by atoms with E-state index in [4.69, 9.17) is 0 Å². The third-order valence-electron chi connectivity index (χ3n) is 3.04. The minimum atomic E-state index is -0.146. The Balaban J connectivity index is 1.76. The van der Waals surface area contributed by atoms with Crippen molar-refractivity contribution in [3.63, 3.8) is 0 Å². The van der Waals surface area contributed by atoms with Crippen LogP contribution in [0.25, 0.3) is 11.3 Å². The molecular weight excluding hydrogens is 282 g/mol. The zero-order valence-electron chi connectivity index (χ0n) is 11.2. The topological polar surface area (TPSA) is 54.9 Å². The smallest absolute Gasteiger partial charge is 0.265 e.